The Hall–Kier alpha value is -1.60. The van der Waals surface area contributed by atoms with Gasteiger partial charge in [-0.3, -0.25) is 4.98 Å². The van der Waals surface area contributed by atoms with Gasteiger partial charge in [-0.15, -0.1) is 0 Å². The Labute approximate surface area is 121 Å². The van der Waals surface area contributed by atoms with Gasteiger partial charge in [-0.2, -0.15) is 5.26 Å². The zero-order valence-electron chi connectivity index (χ0n) is 13.2. The molecule has 108 valence electrons. The number of nitriles is 1. The van der Waals surface area contributed by atoms with E-state index in [0.717, 1.165) is 23.5 Å². The van der Waals surface area contributed by atoms with Crippen molar-refractivity contribution in [3.8, 4) is 6.07 Å². The Morgan fingerprint density at radius 2 is 2.00 bits per heavy atom. The van der Waals surface area contributed by atoms with Crippen LogP contribution in [0.4, 0.5) is 5.69 Å². The topological polar surface area (TPSA) is 57.9 Å². The van der Waals surface area contributed by atoms with Gasteiger partial charge in [0.15, 0.2) is 0 Å². The first-order chi connectivity index (χ1) is 9.14. The van der Waals surface area contributed by atoms with E-state index in [1.54, 1.807) is 0 Å². The molecule has 0 bridgehead atoms. The molecule has 1 unspecified atom stereocenters. The number of pyridine rings is 1. The van der Waals surface area contributed by atoms with Gasteiger partial charge in [0.1, 0.15) is 6.07 Å². The van der Waals surface area contributed by atoms with Crippen molar-refractivity contribution in [3.05, 3.63) is 23.0 Å². The molecule has 0 spiro atoms. The van der Waals surface area contributed by atoms with Gasteiger partial charge >= 0.3 is 0 Å². The molecule has 4 nitrogen and oxygen atoms in total. The number of nitrogens with one attached hydrogen (secondary N) is 1. The van der Waals surface area contributed by atoms with E-state index in [4.69, 9.17) is 4.74 Å². The Kier molecular flexibility index (Phi) is 3.51. The highest BCUT2D eigenvalue weighted by molar-refractivity contribution is 5.60. The summed E-state index contributed by atoms with van der Waals surface area (Å²) in [6, 6.07) is 4.36. The molecule has 0 radical (unpaired) electrons. The summed E-state index contributed by atoms with van der Waals surface area (Å²) in [5.41, 5.74) is 2.76. The molecule has 2 rings (SSSR count). The van der Waals surface area contributed by atoms with Crippen LogP contribution in [0.5, 0.6) is 0 Å². The van der Waals surface area contributed by atoms with Crippen molar-refractivity contribution < 1.29 is 4.74 Å². The highest BCUT2D eigenvalue weighted by Crippen LogP contribution is 2.39. The average Bonchev–Trinajstić information content (AvgIpc) is 2.45. The molecule has 1 saturated heterocycles. The van der Waals surface area contributed by atoms with Gasteiger partial charge in [-0.25, -0.2) is 0 Å². The average molecular weight is 273 g/mol. The van der Waals surface area contributed by atoms with E-state index in [0.29, 0.717) is 5.56 Å². The van der Waals surface area contributed by atoms with E-state index in [1.807, 2.05) is 19.9 Å². The molecule has 1 fully saturated rings. The second-order valence-electron chi connectivity index (χ2n) is 6.75. The predicted octanol–water partition coefficient (Wildman–Crippen LogP) is 3.33. The minimum atomic E-state index is -0.263. The van der Waals surface area contributed by atoms with Crippen LogP contribution in [-0.4, -0.2) is 22.2 Å². The number of ether oxygens (including phenoxy) is 1. The molecule has 1 atom stereocenters. The van der Waals surface area contributed by atoms with Gasteiger partial charge in [0.25, 0.3) is 0 Å². The lowest BCUT2D eigenvalue weighted by molar-refractivity contribution is -0.0662. The van der Waals surface area contributed by atoms with Gasteiger partial charge in [0.2, 0.25) is 0 Å². The van der Waals surface area contributed by atoms with E-state index >= 15 is 0 Å². The monoisotopic (exact) mass is 273 g/mol. The van der Waals surface area contributed by atoms with Crippen molar-refractivity contribution in [2.75, 3.05) is 5.32 Å². The maximum absolute atomic E-state index is 9.34. The number of rotatable bonds is 2. The fraction of sp³-hybridized carbons (Fsp3) is 0.625. The van der Waals surface area contributed by atoms with E-state index in [2.05, 4.69) is 44.1 Å². The van der Waals surface area contributed by atoms with Crippen LogP contribution in [0.15, 0.2) is 6.07 Å². The fourth-order valence-corrected chi connectivity index (χ4v) is 3.06. The zero-order chi connectivity index (χ0) is 15.1. The zero-order valence-corrected chi connectivity index (χ0v) is 13.2. The van der Waals surface area contributed by atoms with Crippen molar-refractivity contribution in [1.29, 1.82) is 5.26 Å². The summed E-state index contributed by atoms with van der Waals surface area (Å²) in [7, 11) is 0. The number of anilines is 1. The van der Waals surface area contributed by atoms with Crippen LogP contribution in [0.1, 0.15) is 51.1 Å². The Bertz CT molecular complexity index is 570. The van der Waals surface area contributed by atoms with Gasteiger partial charge in [0, 0.05) is 5.69 Å². The summed E-state index contributed by atoms with van der Waals surface area (Å²) in [6.07, 6.45) is 0.908. The van der Waals surface area contributed by atoms with Crippen LogP contribution in [0, 0.1) is 25.2 Å². The molecule has 0 aromatic carbocycles. The standard InChI is InChI=1S/C16H23N3O/c1-10-7-13(12(9-17)11(2)18-10)19-14-8-15(3,4)20-16(14,5)6/h7,14H,8H2,1-6H3,(H,18,19). The largest absolute Gasteiger partial charge is 0.378 e. The van der Waals surface area contributed by atoms with E-state index in [9.17, 15) is 5.26 Å². The minimum Gasteiger partial charge on any atom is -0.378 e. The van der Waals surface area contributed by atoms with Gasteiger partial charge in [0.05, 0.1) is 34.2 Å². The number of aromatic nitrogens is 1. The summed E-state index contributed by atoms with van der Waals surface area (Å²) >= 11 is 0. The van der Waals surface area contributed by atoms with Gasteiger partial charge in [-0.1, -0.05) is 0 Å². The maximum Gasteiger partial charge on any atom is 0.103 e. The fourth-order valence-electron chi connectivity index (χ4n) is 3.06. The highest BCUT2D eigenvalue weighted by Gasteiger charge is 2.46. The predicted molar refractivity (Wildman–Crippen MR) is 79.7 cm³/mol. The lowest BCUT2D eigenvalue weighted by atomic mass is 9.94. The molecule has 1 N–H and O–H groups in total. The third-order valence-electron chi connectivity index (χ3n) is 3.84. The van der Waals surface area contributed by atoms with Crippen LogP contribution >= 0.6 is 0 Å². The molecule has 0 saturated carbocycles. The summed E-state index contributed by atoms with van der Waals surface area (Å²) in [6.45, 7) is 12.2. The summed E-state index contributed by atoms with van der Waals surface area (Å²) in [4.78, 5) is 4.35. The van der Waals surface area contributed by atoms with Crippen molar-refractivity contribution in [2.45, 2.75) is 65.2 Å². The Morgan fingerprint density at radius 3 is 2.50 bits per heavy atom. The molecule has 1 aliphatic heterocycles. The molecule has 4 heteroatoms. The first-order valence-electron chi connectivity index (χ1n) is 7.00. The normalized spacial score (nSPS) is 23.4. The molecule has 0 aliphatic carbocycles. The van der Waals surface area contributed by atoms with Crippen molar-refractivity contribution >= 4 is 5.69 Å². The molecule has 1 aliphatic rings. The second kappa shape index (κ2) is 4.75. The number of hydrogen-bond donors (Lipinski definition) is 1. The van der Waals surface area contributed by atoms with Crippen LogP contribution in [0.3, 0.4) is 0 Å². The molecule has 1 aromatic rings. The molecular weight excluding hydrogens is 250 g/mol. The van der Waals surface area contributed by atoms with Crippen LogP contribution < -0.4 is 5.32 Å². The molecule has 0 amide bonds. The van der Waals surface area contributed by atoms with Crippen molar-refractivity contribution in [2.24, 2.45) is 0 Å². The molecule has 1 aromatic heterocycles. The second-order valence-corrected chi connectivity index (χ2v) is 6.75. The quantitative estimate of drug-likeness (QED) is 0.898. The third-order valence-corrected chi connectivity index (χ3v) is 3.84. The van der Waals surface area contributed by atoms with E-state index < -0.39 is 0 Å². The minimum absolute atomic E-state index is 0.148. The number of nitrogens with zero attached hydrogens (tertiary/aromatic N) is 2. The van der Waals surface area contributed by atoms with Crippen molar-refractivity contribution in [3.63, 3.8) is 0 Å². The van der Waals surface area contributed by atoms with Gasteiger partial charge in [-0.05, 0) is 54.0 Å². The maximum atomic E-state index is 9.34. The molecule has 20 heavy (non-hydrogen) atoms. The van der Waals surface area contributed by atoms with Crippen molar-refractivity contribution in [1.82, 2.24) is 4.98 Å². The first kappa shape index (κ1) is 14.8. The summed E-state index contributed by atoms with van der Waals surface area (Å²) in [5.74, 6) is 0. The van der Waals surface area contributed by atoms with Crippen LogP contribution in [-0.2, 0) is 4.74 Å². The number of aryl methyl sites for hydroxylation is 2. The first-order valence-corrected chi connectivity index (χ1v) is 7.00. The summed E-state index contributed by atoms with van der Waals surface area (Å²) in [5, 5.41) is 12.8. The Morgan fingerprint density at radius 1 is 1.35 bits per heavy atom. The van der Waals surface area contributed by atoms with Crippen LogP contribution in [0.25, 0.3) is 0 Å². The SMILES string of the molecule is Cc1cc(NC2CC(C)(C)OC2(C)C)c(C#N)c(C)n1. The summed E-state index contributed by atoms with van der Waals surface area (Å²) < 4.78 is 6.09. The van der Waals surface area contributed by atoms with E-state index in [-0.39, 0.29) is 17.2 Å². The highest BCUT2D eigenvalue weighted by atomic mass is 16.5. The lowest BCUT2D eigenvalue weighted by Crippen LogP contribution is -2.38. The number of hydrogen-bond acceptors (Lipinski definition) is 4. The van der Waals surface area contributed by atoms with Crippen LogP contribution in [0.2, 0.25) is 0 Å². The van der Waals surface area contributed by atoms with E-state index in [1.165, 1.54) is 0 Å². The van der Waals surface area contributed by atoms with Gasteiger partial charge < -0.3 is 10.1 Å². The smallest absolute Gasteiger partial charge is 0.103 e. The Balaban J connectivity index is 2.34. The molecular formula is C16H23N3O. The third kappa shape index (κ3) is 2.78. The lowest BCUT2D eigenvalue weighted by Gasteiger charge is -2.28. The molecule has 2 heterocycles.